The number of hydrogen-bond acceptors (Lipinski definition) is 3. The summed E-state index contributed by atoms with van der Waals surface area (Å²) in [5, 5.41) is 0. The predicted octanol–water partition coefficient (Wildman–Crippen LogP) is 3.01. The number of piperazine rings is 2. The third-order valence-electron chi connectivity index (χ3n) is 5.69. The van der Waals surface area contributed by atoms with E-state index in [0.29, 0.717) is 26.1 Å². The van der Waals surface area contributed by atoms with E-state index < -0.39 is 5.82 Å². The molecule has 0 aromatic heterocycles. The summed E-state index contributed by atoms with van der Waals surface area (Å²) in [5.74, 6) is -0.593. The second kappa shape index (κ2) is 7.47. The Balaban J connectivity index is 1.76. The van der Waals surface area contributed by atoms with Crippen LogP contribution in [0.5, 0.6) is 0 Å². The van der Waals surface area contributed by atoms with E-state index >= 15 is 0 Å². The SMILES string of the molecule is CC(C)(C)CC(=O)N1CCN2[C@@H](C1)CN(C(=O)c1ccccc1F)CC2(C)C. The molecule has 2 fully saturated rings. The van der Waals surface area contributed by atoms with Crippen LogP contribution in [-0.2, 0) is 4.79 Å². The molecule has 5 nitrogen and oxygen atoms in total. The zero-order chi connectivity index (χ0) is 20.7. The van der Waals surface area contributed by atoms with Crippen molar-refractivity contribution in [1.29, 1.82) is 0 Å². The first-order valence-corrected chi connectivity index (χ1v) is 10.1. The summed E-state index contributed by atoms with van der Waals surface area (Å²) in [7, 11) is 0. The number of carbonyl (C=O) groups excluding carboxylic acids is 2. The molecule has 6 heteroatoms. The van der Waals surface area contributed by atoms with Gasteiger partial charge in [0.1, 0.15) is 5.82 Å². The van der Waals surface area contributed by atoms with E-state index in [2.05, 4.69) is 39.5 Å². The fourth-order valence-electron chi connectivity index (χ4n) is 4.44. The van der Waals surface area contributed by atoms with Gasteiger partial charge in [-0.25, -0.2) is 4.39 Å². The molecule has 0 saturated carbocycles. The van der Waals surface area contributed by atoms with Crippen molar-refractivity contribution in [2.24, 2.45) is 5.41 Å². The molecule has 1 atom stereocenters. The van der Waals surface area contributed by atoms with Gasteiger partial charge in [-0.05, 0) is 31.4 Å². The summed E-state index contributed by atoms with van der Waals surface area (Å²) in [5.41, 5.74) is -0.154. The Morgan fingerprint density at radius 1 is 1.11 bits per heavy atom. The number of rotatable bonds is 2. The quantitative estimate of drug-likeness (QED) is 0.781. The zero-order valence-corrected chi connectivity index (χ0v) is 17.7. The Morgan fingerprint density at radius 3 is 2.39 bits per heavy atom. The highest BCUT2D eigenvalue weighted by Crippen LogP contribution is 2.30. The molecule has 2 heterocycles. The van der Waals surface area contributed by atoms with Gasteiger partial charge in [-0.1, -0.05) is 32.9 Å². The van der Waals surface area contributed by atoms with E-state index in [0.717, 1.165) is 13.1 Å². The van der Waals surface area contributed by atoms with Crippen molar-refractivity contribution in [1.82, 2.24) is 14.7 Å². The summed E-state index contributed by atoms with van der Waals surface area (Å²) in [4.78, 5) is 31.8. The van der Waals surface area contributed by atoms with Gasteiger partial charge < -0.3 is 9.80 Å². The Morgan fingerprint density at radius 2 is 1.75 bits per heavy atom. The molecule has 2 aliphatic heterocycles. The summed E-state index contributed by atoms with van der Waals surface area (Å²) in [6.45, 7) is 13.6. The predicted molar refractivity (Wildman–Crippen MR) is 108 cm³/mol. The standard InChI is InChI=1S/C22H32FN3O2/c1-21(2,3)12-19(27)24-10-11-26-16(13-24)14-25(15-22(26,4)5)20(28)17-8-6-7-9-18(17)23/h6-9,16H,10-15H2,1-5H3/t16-/m0/s1. The molecular weight excluding hydrogens is 357 g/mol. The molecular formula is C22H32FN3O2. The van der Waals surface area contributed by atoms with Crippen molar-refractivity contribution in [2.75, 3.05) is 32.7 Å². The van der Waals surface area contributed by atoms with Crippen molar-refractivity contribution in [3.05, 3.63) is 35.6 Å². The van der Waals surface area contributed by atoms with E-state index in [4.69, 9.17) is 0 Å². The molecule has 2 aliphatic rings. The topological polar surface area (TPSA) is 43.9 Å². The monoisotopic (exact) mass is 389 g/mol. The van der Waals surface area contributed by atoms with Crippen LogP contribution in [0, 0.1) is 11.2 Å². The van der Waals surface area contributed by atoms with Crippen LogP contribution in [0.3, 0.4) is 0 Å². The van der Waals surface area contributed by atoms with E-state index in [1.807, 2.05) is 4.90 Å². The van der Waals surface area contributed by atoms with Gasteiger partial charge in [-0.15, -0.1) is 0 Å². The van der Waals surface area contributed by atoms with Gasteiger partial charge >= 0.3 is 0 Å². The number of nitrogens with zero attached hydrogens (tertiary/aromatic N) is 3. The van der Waals surface area contributed by atoms with Crippen LogP contribution in [-0.4, -0.2) is 70.8 Å². The number of halogens is 1. The minimum absolute atomic E-state index is 0.0487. The van der Waals surface area contributed by atoms with Gasteiger partial charge in [0.15, 0.2) is 0 Å². The normalized spacial score (nSPS) is 22.7. The molecule has 1 aromatic rings. The molecule has 2 saturated heterocycles. The largest absolute Gasteiger partial charge is 0.340 e. The summed E-state index contributed by atoms with van der Waals surface area (Å²) >= 11 is 0. The third-order valence-corrected chi connectivity index (χ3v) is 5.69. The lowest BCUT2D eigenvalue weighted by Gasteiger charge is -2.55. The van der Waals surface area contributed by atoms with Gasteiger partial charge in [0, 0.05) is 50.7 Å². The Bertz CT molecular complexity index is 756. The average Bonchev–Trinajstić information content (AvgIpc) is 2.59. The summed E-state index contributed by atoms with van der Waals surface area (Å²) in [6, 6.07) is 6.20. The van der Waals surface area contributed by atoms with Crippen molar-refractivity contribution in [2.45, 2.75) is 52.6 Å². The third kappa shape index (κ3) is 4.37. The Labute approximate surface area is 167 Å². The minimum atomic E-state index is -0.488. The number of amides is 2. The first-order chi connectivity index (χ1) is 13.0. The summed E-state index contributed by atoms with van der Waals surface area (Å²) < 4.78 is 14.1. The van der Waals surface area contributed by atoms with E-state index in [-0.39, 0.29) is 34.4 Å². The highest BCUT2D eigenvalue weighted by Gasteiger charge is 2.45. The maximum atomic E-state index is 14.1. The number of carbonyl (C=O) groups is 2. The molecule has 0 spiro atoms. The molecule has 3 rings (SSSR count). The molecule has 0 bridgehead atoms. The number of hydrogen-bond donors (Lipinski definition) is 0. The Hall–Kier alpha value is -1.95. The van der Waals surface area contributed by atoms with Crippen LogP contribution in [0.2, 0.25) is 0 Å². The zero-order valence-electron chi connectivity index (χ0n) is 17.7. The molecule has 0 N–H and O–H groups in total. The minimum Gasteiger partial charge on any atom is -0.340 e. The van der Waals surface area contributed by atoms with Gasteiger partial charge in [-0.2, -0.15) is 0 Å². The van der Waals surface area contributed by atoms with Crippen LogP contribution in [0.1, 0.15) is 51.4 Å². The second-order valence-corrected chi connectivity index (χ2v) is 9.90. The van der Waals surface area contributed by atoms with Crippen molar-refractivity contribution in [3.8, 4) is 0 Å². The van der Waals surface area contributed by atoms with Crippen molar-refractivity contribution < 1.29 is 14.0 Å². The second-order valence-electron chi connectivity index (χ2n) is 9.90. The fraction of sp³-hybridized carbons (Fsp3) is 0.636. The van der Waals surface area contributed by atoms with Crippen LogP contribution in [0.15, 0.2) is 24.3 Å². The smallest absolute Gasteiger partial charge is 0.256 e. The van der Waals surface area contributed by atoms with Crippen LogP contribution >= 0.6 is 0 Å². The molecule has 2 amide bonds. The van der Waals surface area contributed by atoms with Crippen molar-refractivity contribution in [3.63, 3.8) is 0 Å². The van der Waals surface area contributed by atoms with Gasteiger partial charge in [-0.3, -0.25) is 14.5 Å². The summed E-state index contributed by atoms with van der Waals surface area (Å²) in [6.07, 6.45) is 0.515. The highest BCUT2D eigenvalue weighted by atomic mass is 19.1. The first kappa shape index (κ1) is 20.8. The molecule has 28 heavy (non-hydrogen) atoms. The van der Waals surface area contributed by atoms with E-state index in [1.54, 1.807) is 17.0 Å². The van der Waals surface area contributed by atoms with Gasteiger partial charge in [0.05, 0.1) is 5.56 Å². The van der Waals surface area contributed by atoms with Crippen molar-refractivity contribution >= 4 is 11.8 Å². The van der Waals surface area contributed by atoms with E-state index in [1.165, 1.54) is 12.1 Å². The maximum Gasteiger partial charge on any atom is 0.256 e. The van der Waals surface area contributed by atoms with Gasteiger partial charge in [0.2, 0.25) is 5.91 Å². The fourth-order valence-corrected chi connectivity index (χ4v) is 4.44. The lowest BCUT2D eigenvalue weighted by atomic mass is 9.90. The maximum absolute atomic E-state index is 14.1. The number of benzene rings is 1. The van der Waals surface area contributed by atoms with Crippen LogP contribution in [0.25, 0.3) is 0 Å². The van der Waals surface area contributed by atoms with Crippen LogP contribution < -0.4 is 0 Å². The molecule has 0 unspecified atom stereocenters. The average molecular weight is 390 g/mol. The first-order valence-electron chi connectivity index (χ1n) is 10.1. The Kier molecular flexibility index (Phi) is 5.54. The lowest BCUT2D eigenvalue weighted by Crippen LogP contribution is -2.70. The molecule has 154 valence electrons. The molecule has 0 radical (unpaired) electrons. The molecule has 0 aliphatic carbocycles. The van der Waals surface area contributed by atoms with Crippen LogP contribution in [0.4, 0.5) is 4.39 Å². The van der Waals surface area contributed by atoms with Gasteiger partial charge in [0.25, 0.3) is 5.91 Å². The van der Waals surface area contributed by atoms with E-state index in [9.17, 15) is 14.0 Å². The highest BCUT2D eigenvalue weighted by molar-refractivity contribution is 5.94. The number of fused-ring (bicyclic) bond motifs is 1. The lowest BCUT2D eigenvalue weighted by molar-refractivity contribution is -0.139. The molecule has 1 aromatic carbocycles.